The van der Waals surface area contributed by atoms with E-state index in [2.05, 4.69) is 156 Å². The van der Waals surface area contributed by atoms with Crippen LogP contribution in [0.5, 0.6) is 5.75 Å². The number of fused-ring (bicyclic) bond motifs is 7. The molecule has 0 amide bonds. The molecule has 2 N–H and O–H groups in total. The highest BCUT2D eigenvalue weighted by Crippen LogP contribution is 2.55. The van der Waals surface area contributed by atoms with Crippen LogP contribution in [0.4, 0.5) is 11.4 Å². The van der Waals surface area contributed by atoms with Crippen LogP contribution in [0.25, 0.3) is 5.57 Å². The van der Waals surface area contributed by atoms with Crippen molar-refractivity contribution < 1.29 is 29.0 Å². The molecule has 2 aromatic carbocycles. The third kappa shape index (κ3) is 8.22. The van der Waals surface area contributed by atoms with E-state index in [1.807, 2.05) is 0 Å². The number of benzene rings is 2. The van der Waals surface area contributed by atoms with Crippen LogP contribution in [0.2, 0.25) is 0 Å². The number of quaternary nitrogens is 1. The Morgan fingerprint density at radius 1 is 0.918 bits per heavy atom. The molecule has 2 bridgehead atoms. The first-order chi connectivity index (χ1) is 29.3. The first kappa shape index (κ1) is 44.7. The smallest absolute Gasteiger partial charge is 0.137 e. The van der Waals surface area contributed by atoms with Gasteiger partial charge in [-0.25, -0.2) is 0 Å². The number of hydrogen-bond donors (Lipinski definition) is 1. The quantitative estimate of drug-likeness (QED) is 0.159. The fourth-order valence-corrected chi connectivity index (χ4v) is 10.8. The standard InChI is InChI=1S/C53H71N3O5/c1-13-40-41-23-20-37(32-44(41)54-8)53(7)43-34-39(60-12)22-25-46(43)56(29-15-31-58-10)48(53)27-19-36-17-16-35(49(36)61-50(40)51(2,3)4)18-26-47-52(5,6)42-33-38(59-11)21-24-45(42)55(47)28-14-30-57-9/h13,18-27,32-34,42,45,47,50,54H,14-17,28-31H2,1-12H3/p+1/b26-18+,36-19+,40-13+,48-27+. The Hall–Kier alpha value is -4.34. The maximum atomic E-state index is 7.59. The third-order valence-corrected chi connectivity index (χ3v) is 14.1. The molecule has 4 heterocycles. The van der Waals surface area contributed by atoms with E-state index in [-0.39, 0.29) is 23.0 Å². The lowest BCUT2D eigenvalue weighted by Crippen LogP contribution is -2.73. The zero-order chi connectivity index (χ0) is 43.7. The minimum atomic E-state index is -0.452. The van der Waals surface area contributed by atoms with Gasteiger partial charge in [0.2, 0.25) is 0 Å². The SMILES string of the molecule is C/C=C1\c2ccc(cc2[NH2+]C)C2(C)/C(=C\C=C3/CCC(/C=C/C4N(CCCOC)C5C=CC(OC)=CC5C4(C)C)=C3OC1C(C)(C)C)N(CCCOC)c1ccc(OC)cc12. The Balaban J connectivity index is 1.42. The number of methoxy groups -OCH3 is 4. The van der Waals surface area contributed by atoms with Crippen LogP contribution in [0.15, 0.2) is 113 Å². The monoisotopic (exact) mass is 831 g/mol. The second-order valence-corrected chi connectivity index (χ2v) is 19.2. The second-order valence-electron chi connectivity index (χ2n) is 19.2. The summed E-state index contributed by atoms with van der Waals surface area (Å²) in [5, 5.41) is 2.26. The van der Waals surface area contributed by atoms with Gasteiger partial charge in [0.05, 0.1) is 26.7 Å². The average Bonchev–Trinajstić information content (AvgIpc) is 3.82. The second kappa shape index (κ2) is 18.2. The highest BCUT2D eigenvalue weighted by Gasteiger charge is 2.52. The van der Waals surface area contributed by atoms with Crippen molar-refractivity contribution >= 4 is 16.9 Å². The third-order valence-electron chi connectivity index (χ3n) is 14.1. The van der Waals surface area contributed by atoms with Gasteiger partial charge in [-0.1, -0.05) is 71.1 Å². The van der Waals surface area contributed by atoms with Gasteiger partial charge in [-0.3, -0.25) is 4.90 Å². The first-order valence-corrected chi connectivity index (χ1v) is 22.5. The van der Waals surface area contributed by atoms with Crippen LogP contribution in [0.1, 0.15) is 90.8 Å². The maximum absolute atomic E-state index is 7.59. The molecule has 61 heavy (non-hydrogen) atoms. The first-order valence-electron chi connectivity index (χ1n) is 22.5. The molecule has 1 fully saturated rings. The Morgan fingerprint density at radius 3 is 2.34 bits per heavy atom. The molecule has 6 aliphatic rings. The van der Waals surface area contributed by atoms with Crippen LogP contribution in [0, 0.1) is 16.7 Å². The molecule has 0 aromatic heterocycles. The van der Waals surface area contributed by atoms with Crippen molar-refractivity contribution in [2.75, 3.05) is 66.7 Å². The van der Waals surface area contributed by atoms with E-state index in [1.165, 1.54) is 50.5 Å². The number of nitrogens with two attached hydrogens (primary N) is 1. The van der Waals surface area contributed by atoms with Gasteiger partial charge in [0.15, 0.2) is 0 Å². The molecule has 2 aliphatic carbocycles. The molecule has 5 atom stereocenters. The fraction of sp³-hybridized carbons (Fsp3) is 0.509. The van der Waals surface area contributed by atoms with Crippen LogP contribution in [0.3, 0.4) is 0 Å². The zero-order valence-electron chi connectivity index (χ0n) is 39.1. The van der Waals surface area contributed by atoms with Gasteiger partial charge >= 0.3 is 0 Å². The van der Waals surface area contributed by atoms with Crippen molar-refractivity contribution in [3.05, 3.63) is 130 Å². The number of hydrogen-bond acceptors (Lipinski definition) is 7. The van der Waals surface area contributed by atoms with Crippen molar-refractivity contribution in [1.29, 1.82) is 0 Å². The maximum Gasteiger partial charge on any atom is 0.137 e. The van der Waals surface area contributed by atoms with Gasteiger partial charge in [0.25, 0.3) is 0 Å². The van der Waals surface area contributed by atoms with E-state index < -0.39 is 5.41 Å². The van der Waals surface area contributed by atoms with E-state index in [0.29, 0.717) is 18.6 Å². The largest absolute Gasteiger partial charge is 0.497 e. The molecule has 328 valence electrons. The predicted octanol–water partition coefficient (Wildman–Crippen LogP) is 9.78. The van der Waals surface area contributed by atoms with E-state index in [9.17, 15) is 0 Å². The number of ether oxygens (including phenoxy) is 5. The van der Waals surface area contributed by atoms with E-state index in [0.717, 1.165) is 62.6 Å². The average molecular weight is 831 g/mol. The molecule has 8 heteroatoms. The van der Waals surface area contributed by atoms with Gasteiger partial charge in [0.1, 0.15) is 29.1 Å². The van der Waals surface area contributed by atoms with Crippen LogP contribution < -0.4 is 15.0 Å². The van der Waals surface area contributed by atoms with Crippen LogP contribution >= 0.6 is 0 Å². The summed E-state index contributed by atoms with van der Waals surface area (Å²) >= 11 is 0. The van der Waals surface area contributed by atoms with Crippen molar-refractivity contribution in [3.8, 4) is 5.75 Å². The Kier molecular flexibility index (Phi) is 13.3. The summed E-state index contributed by atoms with van der Waals surface area (Å²) in [5.74, 6) is 3.14. The molecule has 8 rings (SSSR count). The lowest BCUT2D eigenvalue weighted by atomic mass is 9.73. The Morgan fingerprint density at radius 2 is 1.67 bits per heavy atom. The Labute approximate surface area is 366 Å². The molecule has 0 radical (unpaired) electrons. The summed E-state index contributed by atoms with van der Waals surface area (Å²) in [5.41, 5.74) is 10.4. The van der Waals surface area contributed by atoms with E-state index in [4.69, 9.17) is 23.7 Å². The van der Waals surface area contributed by atoms with Gasteiger partial charge in [0, 0.05) is 92.5 Å². The number of nitrogens with zero attached hydrogens (tertiary/aromatic N) is 2. The molecular weight excluding hydrogens is 759 g/mol. The molecule has 4 aliphatic heterocycles. The van der Waals surface area contributed by atoms with Crippen LogP contribution in [-0.4, -0.2) is 84.9 Å². The molecule has 8 nitrogen and oxygen atoms in total. The topological polar surface area (TPSA) is 69.2 Å². The normalized spacial score (nSPS) is 28.2. The lowest BCUT2D eigenvalue weighted by molar-refractivity contribution is -0.539. The zero-order valence-corrected chi connectivity index (χ0v) is 39.1. The highest BCUT2D eigenvalue weighted by atomic mass is 16.5. The molecular formula is C53H72N3O5+. The van der Waals surface area contributed by atoms with E-state index in [1.54, 1.807) is 28.4 Å². The minimum Gasteiger partial charge on any atom is -0.497 e. The van der Waals surface area contributed by atoms with Gasteiger partial charge in [-0.05, 0) is 110 Å². The predicted molar refractivity (Wildman–Crippen MR) is 249 cm³/mol. The summed E-state index contributed by atoms with van der Waals surface area (Å²) in [6.45, 7) is 19.5. The summed E-state index contributed by atoms with van der Waals surface area (Å²) < 4.78 is 30.4. The van der Waals surface area contributed by atoms with Crippen molar-refractivity contribution in [3.63, 3.8) is 0 Å². The lowest BCUT2D eigenvalue weighted by Gasteiger charge is -2.35. The highest BCUT2D eigenvalue weighted by molar-refractivity contribution is 5.80. The molecule has 0 spiro atoms. The van der Waals surface area contributed by atoms with Crippen molar-refractivity contribution in [1.82, 2.24) is 4.90 Å². The number of allylic oxidation sites excluding steroid dienone is 8. The van der Waals surface area contributed by atoms with Crippen molar-refractivity contribution in [2.24, 2.45) is 16.7 Å². The summed E-state index contributed by atoms with van der Waals surface area (Å²) in [4.78, 5) is 5.20. The fourth-order valence-electron chi connectivity index (χ4n) is 10.8. The van der Waals surface area contributed by atoms with Gasteiger partial charge in [-0.15, -0.1) is 0 Å². The van der Waals surface area contributed by atoms with E-state index >= 15 is 0 Å². The molecule has 0 saturated carbocycles. The number of anilines is 1. The summed E-state index contributed by atoms with van der Waals surface area (Å²) in [6, 6.07) is 14.2. The Bertz CT molecular complexity index is 2160. The summed E-state index contributed by atoms with van der Waals surface area (Å²) in [6.07, 6.45) is 22.3. The minimum absolute atomic E-state index is 0.0384. The van der Waals surface area contributed by atoms with Gasteiger partial charge < -0.3 is 33.9 Å². The van der Waals surface area contributed by atoms with Crippen LogP contribution in [-0.2, 0) is 24.4 Å². The molecule has 5 unspecified atom stereocenters. The van der Waals surface area contributed by atoms with Gasteiger partial charge in [-0.2, -0.15) is 0 Å². The molecule has 1 saturated heterocycles. The van der Waals surface area contributed by atoms with Crippen molar-refractivity contribution in [2.45, 2.75) is 97.8 Å². The summed E-state index contributed by atoms with van der Waals surface area (Å²) in [7, 11) is 9.27. The number of rotatable bonds is 13. The molecule has 2 aromatic rings. The number of likely N-dealkylation sites (tertiary alicyclic amines) is 1.